The fourth-order valence-corrected chi connectivity index (χ4v) is 3.88. The van der Waals surface area contributed by atoms with Gasteiger partial charge < -0.3 is 14.9 Å². The first-order chi connectivity index (χ1) is 14.8. The van der Waals surface area contributed by atoms with E-state index in [4.69, 9.17) is 0 Å². The lowest BCUT2D eigenvalue weighted by Crippen LogP contribution is -2.48. The Hall–Kier alpha value is -3.62. The van der Waals surface area contributed by atoms with Gasteiger partial charge in [-0.1, -0.05) is 6.58 Å². The third kappa shape index (κ3) is 3.45. The predicted molar refractivity (Wildman–Crippen MR) is 110 cm³/mol. The summed E-state index contributed by atoms with van der Waals surface area (Å²) in [6.45, 7) is 6.90. The zero-order valence-corrected chi connectivity index (χ0v) is 16.7. The first kappa shape index (κ1) is 20.6. The number of halogens is 3. The zero-order valence-electron chi connectivity index (χ0n) is 16.7. The minimum absolute atomic E-state index is 0.0711. The second-order valence-corrected chi connectivity index (χ2v) is 7.25. The third-order valence-electron chi connectivity index (χ3n) is 5.44. The summed E-state index contributed by atoms with van der Waals surface area (Å²) in [4.78, 5) is 23.7. The molecule has 1 aliphatic rings. The van der Waals surface area contributed by atoms with Gasteiger partial charge in [-0.2, -0.15) is 0 Å². The fraction of sp³-hybridized carbons (Fsp3) is 0.227. The van der Waals surface area contributed by atoms with Crippen LogP contribution in [-0.2, 0) is 4.79 Å². The maximum Gasteiger partial charge on any atom is 0.246 e. The monoisotopic (exact) mass is 428 g/mol. The molecule has 1 aromatic heterocycles. The van der Waals surface area contributed by atoms with Gasteiger partial charge >= 0.3 is 0 Å². The average Bonchev–Trinajstić information content (AvgIpc) is 2.78. The quantitative estimate of drug-likeness (QED) is 0.646. The predicted octanol–water partition coefficient (Wildman–Crippen LogP) is 3.56. The Morgan fingerprint density at radius 1 is 1.10 bits per heavy atom. The van der Waals surface area contributed by atoms with Gasteiger partial charge in [-0.25, -0.2) is 23.1 Å². The highest BCUT2D eigenvalue weighted by molar-refractivity contribution is 5.95. The Morgan fingerprint density at radius 2 is 1.77 bits per heavy atom. The van der Waals surface area contributed by atoms with E-state index in [1.54, 1.807) is 17.9 Å². The summed E-state index contributed by atoms with van der Waals surface area (Å²) in [5.74, 6) is -3.51. The van der Waals surface area contributed by atoms with Crippen LogP contribution in [0.1, 0.15) is 5.56 Å². The largest absolute Gasteiger partial charge is 0.504 e. The summed E-state index contributed by atoms with van der Waals surface area (Å²) < 4.78 is 43.7. The smallest absolute Gasteiger partial charge is 0.246 e. The average molecular weight is 428 g/mol. The molecule has 1 amide bonds. The SMILES string of the molecule is C=CC(=O)N1CCN(c2ncnc3c(F)c(-c4c(F)ccc(F)c4O)c(C)cc23)CC1. The van der Waals surface area contributed by atoms with Gasteiger partial charge in [0.15, 0.2) is 17.4 Å². The normalized spacial score (nSPS) is 14.2. The molecule has 1 aliphatic heterocycles. The van der Waals surface area contributed by atoms with Crippen molar-refractivity contribution >= 4 is 22.6 Å². The number of amides is 1. The molecule has 0 spiro atoms. The van der Waals surface area contributed by atoms with E-state index in [0.29, 0.717) is 42.9 Å². The number of nitrogens with zero attached hydrogens (tertiary/aromatic N) is 4. The van der Waals surface area contributed by atoms with Crippen molar-refractivity contribution < 1.29 is 23.1 Å². The first-order valence-corrected chi connectivity index (χ1v) is 9.61. The van der Waals surface area contributed by atoms with Crippen molar-refractivity contribution in [1.82, 2.24) is 14.9 Å². The highest BCUT2D eigenvalue weighted by Crippen LogP contribution is 2.40. The molecule has 0 unspecified atom stereocenters. The van der Waals surface area contributed by atoms with Gasteiger partial charge in [0.25, 0.3) is 0 Å². The number of carbonyl (C=O) groups is 1. The van der Waals surface area contributed by atoms with Crippen LogP contribution >= 0.6 is 0 Å². The molecular formula is C22H19F3N4O2. The van der Waals surface area contributed by atoms with Crippen LogP contribution < -0.4 is 4.90 Å². The lowest BCUT2D eigenvalue weighted by Gasteiger charge is -2.35. The van der Waals surface area contributed by atoms with Crippen LogP contribution in [0.4, 0.5) is 19.0 Å². The summed E-state index contributed by atoms with van der Waals surface area (Å²) in [5, 5.41) is 10.4. The number of piperazine rings is 1. The lowest BCUT2D eigenvalue weighted by atomic mass is 9.96. The van der Waals surface area contributed by atoms with Gasteiger partial charge in [-0.3, -0.25) is 4.79 Å². The van der Waals surface area contributed by atoms with Crippen molar-refractivity contribution in [2.45, 2.75) is 6.92 Å². The molecule has 4 rings (SSSR count). The van der Waals surface area contributed by atoms with E-state index in [0.717, 1.165) is 12.1 Å². The van der Waals surface area contributed by atoms with Crippen molar-refractivity contribution in [2.75, 3.05) is 31.1 Å². The van der Waals surface area contributed by atoms with E-state index < -0.39 is 28.8 Å². The molecule has 1 saturated heterocycles. The minimum atomic E-state index is -1.05. The summed E-state index contributed by atoms with van der Waals surface area (Å²) in [7, 11) is 0. The molecule has 3 aromatic rings. The van der Waals surface area contributed by atoms with E-state index in [1.807, 2.05) is 4.90 Å². The van der Waals surface area contributed by atoms with Crippen LogP contribution in [0, 0.1) is 24.4 Å². The summed E-state index contributed by atoms with van der Waals surface area (Å²) in [6, 6.07) is 3.20. The van der Waals surface area contributed by atoms with Crippen LogP contribution in [0.3, 0.4) is 0 Å². The first-order valence-electron chi connectivity index (χ1n) is 9.61. The number of anilines is 1. The number of aromatic hydroxyl groups is 1. The Balaban J connectivity index is 1.81. The van der Waals surface area contributed by atoms with Gasteiger partial charge in [-0.15, -0.1) is 0 Å². The molecule has 1 fully saturated rings. The summed E-state index contributed by atoms with van der Waals surface area (Å²) >= 11 is 0. The molecule has 160 valence electrons. The van der Waals surface area contributed by atoms with Crippen molar-refractivity contribution in [3.63, 3.8) is 0 Å². The number of hydrogen-bond acceptors (Lipinski definition) is 5. The van der Waals surface area contributed by atoms with E-state index >= 15 is 4.39 Å². The molecule has 6 nitrogen and oxygen atoms in total. The Labute approximate surface area is 176 Å². The number of phenolic OH excluding ortho intramolecular Hbond substituents is 1. The van der Waals surface area contributed by atoms with Crippen LogP contribution in [0.5, 0.6) is 5.75 Å². The molecule has 2 heterocycles. The molecule has 1 N–H and O–H groups in total. The molecule has 0 bridgehead atoms. The maximum absolute atomic E-state index is 15.5. The van der Waals surface area contributed by atoms with E-state index in [-0.39, 0.29) is 17.0 Å². The molecule has 0 aliphatic carbocycles. The van der Waals surface area contributed by atoms with Crippen molar-refractivity contribution in [3.05, 3.63) is 60.2 Å². The lowest BCUT2D eigenvalue weighted by molar-refractivity contribution is -0.126. The standard InChI is InChI=1S/C22H19F3N4O2/c1-3-16(30)28-6-8-29(9-7-28)22-13-10-12(2)17(19(25)20(13)26-11-27-22)18-14(23)4-5-15(24)21(18)31/h3-5,10-11,31H,1,6-9H2,2H3. The molecule has 0 radical (unpaired) electrons. The van der Waals surface area contributed by atoms with Crippen LogP contribution in [0.15, 0.2) is 37.2 Å². The van der Waals surface area contributed by atoms with Gasteiger partial charge in [-0.05, 0) is 36.8 Å². The second-order valence-electron chi connectivity index (χ2n) is 7.25. The van der Waals surface area contributed by atoms with Crippen LogP contribution in [-0.4, -0.2) is 52.1 Å². The van der Waals surface area contributed by atoms with E-state index in [2.05, 4.69) is 16.5 Å². The highest BCUT2D eigenvalue weighted by atomic mass is 19.1. The summed E-state index contributed by atoms with van der Waals surface area (Å²) in [5.41, 5.74) is -0.582. The molecule has 0 saturated carbocycles. The number of fused-ring (bicyclic) bond motifs is 1. The van der Waals surface area contributed by atoms with Crippen molar-refractivity contribution in [1.29, 1.82) is 0 Å². The highest BCUT2D eigenvalue weighted by Gasteiger charge is 2.26. The Bertz CT molecular complexity index is 1210. The topological polar surface area (TPSA) is 69.6 Å². The second kappa shape index (κ2) is 7.90. The van der Waals surface area contributed by atoms with Crippen LogP contribution in [0.2, 0.25) is 0 Å². The van der Waals surface area contributed by atoms with Gasteiger partial charge in [0.2, 0.25) is 5.91 Å². The van der Waals surface area contributed by atoms with Gasteiger partial charge in [0.1, 0.15) is 23.5 Å². The number of hydrogen-bond donors (Lipinski definition) is 1. The van der Waals surface area contributed by atoms with Crippen molar-refractivity contribution in [3.8, 4) is 16.9 Å². The summed E-state index contributed by atoms with van der Waals surface area (Å²) in [6.07, 6.45) is 2.46. The van der Waals surface area contributed by atoms with Crippen LogP contribution in [0.25, 0.3) is 22.0 Å². The molecule has 9 heteroatoms. The zero-order chi connectivity index (χ0) is 22.3. The fourth-order valence-electron chi connectivity index (χ4n) is 3.88. The number of aryl methyl sites for hydroxylation is 1. The van der Waals surface area contributed by atoms with E-state index in [1.165, 1.54) is 12.4 Å². The number of phenols is 1. The Kier molecular flexibility index (Phi) is 5.26. The van der Waals surface area contributed by atoms with Gasteiger partial charge in [0.05, 0.1) is 5.56 Å². The maximum atomic E-state index is 15.5. The van der Waals surface area contributed by atoms with Crippen molar-refractivity contribution in [2.24, 2.45) is 0 Å². The molecular weight excluding hydrogens is 409 g/mol. The van der Waals surface area contributed by atoms with Gasteiger partial charge in [0, 0.05) is 37.1 Å². The molecule has 31 heavy (non-hydrogen) atoms. The number of aromatic nitrogens is 2. The molecule has 2 aromatic carbocycles. The minimum Gasteiger partial charge on any atom is -0.504 e. The third-order valence-corrected chi connectivity index (χ3v) is 5.44. The number of rotatable bonds is 3. The Morgan fingerprint density at radius 3 is 2.45 bits per heavy atom. The number of benzene rings is 2. The number of carbonyl (C=O) groups excluding carboxylic acids is 1. The molecule has 0 atom stereocenters. The van der Waals surface area contributed by atoms with E-state index in [9.17, 15) is 18.7 Å².